The van der Waals surface area contributed by atoms with Crippen LogP contribution in [0.5, 0.6) is 0 Å². The molecule has 1 amide bonds. The highest BCUT2D eigenvalue weighted by molar-refractivity contribution is 5.96. The summed E-state index contributed by atoms with van der Waals surface area (Å²) < 4.78 is 5.36. The van der Waals surface area contributed by atoms with Crippen LogP contribution in [0.2, 0.25) is 0 Å². The van der Waals surface area contributed by atoms with Crippen molar-refractivity contribution in [1.82, 2.24) is 10.2 Å². The summed E-state index contributed by atoms with van der Waals surface area (Å²) in [6.07, 6.45) is 0.538. The third kappa shape index (κ3) is 3.26. The number of carbonyl (C=O) groups is 1. The van der Waals surface area contributed by atoms with E-state index in [1.807, 2.05) is 25.2 Å². The summed E-state index contributed by atoms with van der Waals surface area (Å²) in [4.78, 5) is 16.3. The predicted molar refractivity (Wildman–Crippen MR) is 82.5 cm³/mol. The number of hydrogen-bond donors (Lipinski definition) is 1. The second-order valence-electron chi connectivity index (χ2n) is 5.68. The molecule has 2 aliphatic heterocycles. The monoisotopic (exact) mass is 289 g/mol. The Morgan fingerprint density at radius 2 is 2.05 bits per heavy atom. The molecule has 1 aromatic rings. The van der Waals surface area contributed by atoms with E-state index in [0.717, 1.165) is 45.1 Å². The van der Waals surface area contributed by atoms with E-state index in [0.29, 0.717) is 6.42 Å². The highest BCUT2D eigenvalue weighted by Crippen LogP contribution is 2.33. The molecule has 2 heterocycles. The fourth-order valence-electron chi connectivity index (χ4n) is 3.05. The largest absolute Gasteiger partial charge is 0.379 e. The molecule has 0 spiro atoms. The van der Waals surface area contributed by atoms with Crippen LogP contribution in [0.25, 0.3) is 0 Å². The van der Waals surface area contributed by atoms with Crippen LogP contribution in [-0.4, -0.2) is 57.2 Å². The average molecular weight is 289 g/mol. The Bertz CT molecular complexity index is 500. The molecule has 5 heteroatoms. The first-order valence-corrected chi connectivity index (χ1v) is 7.64. The topological polar surface area (TPSA) is 44.8 Å². The minimum Gasteiger partial charge on any atom is -0.379 e. The van der Waals surface area contributed by atoms with Crippen LogP contribution in [0, 0.1) is 0 Å². The molecule has 21 heavy (non-hydrogen) atoms. The number of rotatable bonds is 4. The fraction of sp³-hybridized carbons (Fsp3) is 0.562. The zero-order chi connectivity index (χ0) is 14.7. The van der Waals surface area contributed by atoms with Crippen molar-refractivity contribution in [3.63, 3.8) is 0 Å². The molecular formula is C16H23N3O2. The van der Waals surface area contributed by atoms with Gasteiger partial charge in [0.2, 0.25) is 5.91 Å². The van der Waals surface area contributed by atoms with E-state index in [4.69, 9.17) is 4.74 Å². The Balaban J connectivity index is 1.60. The van der Waals surface area contributed by atoms with Crippen molar-refractivity contribution in [2.24, 2.45) is 0 Å². The van der Waals surface area contributed by atoms with Crippen LogP contribution >= 0.6 is 0 Å². The van der Waals surface area contributed by atoms with Crippen LogP contribution in [0.3, 0.4) is 0 Å². The third-order valence-electron chi connectivity index (χ3n) is 4.35. The molecule has 0 aliphatic carbocycles. The molecule has 0 bridgehead atoms. The second-order valence-corrected chi connectivity index (χ2v) is 5.68. The van der Waals surface area contributed by atoms with Crippen molar-refractivity contribution in [2.45, 2.75) is 12.5 Å². The van der Waals surface area contributed by atoms with Gasteiger partial charge < -0.3 is 15.0 Å². The Morgan fingerprint density at radius 3 is 2.86 bits per heavy atom. The van der Waals surface area contributed by atoms with Gasteiger partial charge in [-0.1, -0.05) is 18.2 Å². The summed E-state index contributed by atoms with van der Waals surface area (Å²) in [5.41, 5.74) is 2.25. The third-order valence-corrected chi connectivity index (χ3v) is 4.35. The van der Waals surface area contributed by atoms with E-state index in [2.05, 4.69) is 16.3 Å². The molecule has 1 saturated heterocycles. The van der Waals surface area contributed by atoms with Gasteiger partial charge in [-0.15, -0.1) is 0 Å². The van der Waals surface area contributed by atoms with Gasteiger partial charge >= 0.3 is 0 Å². The van der Waals surface area contributed by atoms with Crippen LogP contribution in [-0.2, 0) is 9.53 Å². The Hall–Kier alpha value is -1.43. The minimum absolute atomic E-state index is 0.131. The molecule has 2 aliphatic rings. The number of amides is 1. The smallest absolute Gasteiger partial charge is 0.228 e. The van der Waals surface area contributed by atoms with Crippen molar-refractivity contribution in [1.29, 1.82) is 0 Å². The second kappa shape index (κ2) is 6.56. The van der Waals surface area contributed by atoms with E-state index >= 15 is 0 Å². The van der Waals surface area contributed by atoms with Crippen LogP contribution < -0.4 is 10.2 Å². The lowest BCUT2D eigenvalue weighted by atomic mass is 9.96. The van der Waals surface area contributed by atoms with Crippen LogP contribution in [0.1, 0.15) is 18.0 Å². The number of morpholine rings is 1. The summed E-state index contributed by atoms with van der Waals surface area (Å²) in [5, 5.41) is 3.55. The summed E-state index contributed by atoms with van der Waals surface area (Å²) >= 11 is 0. The van der Waals surface area contributed by atoms with Crippen molar-refractivity contribution in [3.05, 3.63) is 29.8 Å². The maximum atomic E-state index is 12.1. The zero-order valence-corrected chi connectivity index (χ0v) is 12.5. The van der Waals surface area contributed by atoms with Crippen molar-refractivity contribution in [2.75, 3.05) is 51.3 Å². The maximum absolute atomic E-state index is 12.1. The fourth-order valence-corrected chi connectivity index (χ4v) is 3.05. The molecule has 1 atom stereocenters. The molecular weight excluding hydrogens is 266 g/mol. The van der Waals surface area contributed by atoms with E-state index in [1.54, 1.807) is 4.90 Å². The molecule has 1 unspecified atom stereocenters. The van der Waals surface area contributed by atoms with Gasteiger partial charge in [0.25, 0.3) is 0 Å². The van der Waals surface area contributed by atoms with Gasteiger partial charge in [0.1, 0.15) is 0 Å². The lowest BCUT2D eigenvalue weighted by molar-refractivity contribution is -0.119. The quantitative estimate of drug-likeness (QED) is 0.899. The summed E-state index contributed by atoms with van der Waals surface area (Å²) in [6, 6.07) is 8.29. The Kier molecular flexibility index (Phi) is 4.53. The first-order valence-electron chi connectivity index (χ1n) is 7.64. The molecule has 0 saturated carbocycles. The maximum Gasteiger partial charge on any atom is 0.228 e. The predicted octanol–water partition coefficient (Wildman–Crippen LogP) is 1.02. The molecule has 0 aromatic heterocycles. The lowest BCUT2D eigenvalue weighted by Gasteiger charge is -2.33. The summed E-state index contributed by atoms with van der Waals surface area (Å²) in [5.74, 6) is 0.178. The number of nitrogens with one attached hydrogen (secondary N) is 1. The number of hydrogen-bond acceptors (Lipinski definition) is 4. The normalized spacial score (nSPS) is 23.2. The van der Waals surface area contributed by atoms with Crippen LogP contribution in [0.15, 0.2) is 24.3 Å². The zero-order valence-electron chi connectivity index (χ0n) is 12.5. The molecule has 5 nitrogen and oxygen atoms in total. The van der Waals surface area contributed by atoms with Crippen LogP contribution in [0.4, 0.5) is 5.69 Å². The lowest BCUT2D eigenvalue weighted by Crippen LogP contribution is -2.43. The number of benzene rings is 1. The van der Waals surface area contributed by atoms with Gasteiger partial charge in [-0.2, -0.15) is 0 Å². The Morgan fingerprint density at radius 1 is 1.29 bits per heavy atom. The molecule has 1 fully saturated rings. The highest BCUT2D eigenvalue weighted by atomic mass is 16.5. The number of anilines is 1. The van der Waals surface area contributed by atoms with E-state index < -0.39 is 0 Å². The standard InChI is InChI=1S/C16H23N3O2/c1-18-15-5-3-2-4-13(15)14(12-16(18)20)17-6-7-19-8-10-21-11-9-19/h2-5,14,17H,6-12H2,1H3. The highest BCUT2D eigenvalue weighted by Gasteiger charge is 2.28. The number of nitrogens with zero attached hydrogens (tertiary/aromatic N) is 2. The van der Waals surface area contributed by atoms with Crippen molar-refractivity contribution in [3.8, 4) is 0 Å². The number of para-hydroxylation sites is 1. The van der Waals surface area contributed by atoms with Gasteiger partial charge in [-0.3, -0.25) is 9.69 Å². The van der Waals surface area contributed by atoms with Gasteiger partial charge in [-0.05, 0) is 11.6 Å². The molecule has 1 aromatic carbocycles. The molecule has 3 rings (SSSR count). The average Bonchev–Trinajstić information content (AvgIpc) is 2.53. The Labute approximate surface area is 125 Å². The minimum atomic E-state index is 0.131. The summed E-state index contributed by atoms with van der Waals surface area (Å²) in [7, 11) is 1.85. The molecule has 0 radical (unpaired) electrons. The van der Waals surface area contributed by atoms with Gasteiger partial charge in [0.15, 0.2) is 0 Å². The van der Waals surface area contributed by atoms with Gasteiger partial charge in [0, 0.05) is 51.4 Å². The molecule has 1 N–H and O–H groups in total. The van der Waals surface area contributed by atoms with E-state index in [-0.39, 0.29) is 11.9 Å². The van der Waals surface area contributed by atoms with Gasteiger partial charge in [0.05, 0.1) is 13.2 Å². The molecule has 114 valence electrons. The first-order chi connectivity index (χ1) is 10.3. The van der Waals surface area contributed by atoms with E-state index in [1.165, 1.54) is 5.56 Å². The number of fused-ring (bicyclic) bond motifs is 1. The SMILES string of the molecule is CN1C(=O)CC(NCCN2CCOCC2)c2ccccc21. The number of carbonyl (C=O) groups excluding carboxylic acids is 1. The number of ether oxygens (including phenoxy) is 1. The van der Waals surface area contributed by atoms with Crippen molar-refractivity contribution < 1.29 is 9.53 Å². The van der Waals surface area contributed by atoms with E-state index in [9.17, 15) is 4.79 Å². The summed E-state index contributed by atoms with van der Waals surface area (Å²) in [6.45, 7) is 5.57. The first kappa shape index (κ1) is 14.5. The van der Waals surface area contributed by atoms with Gasteiger partial charge in [-0.25, -0.2) is 0 Å². The van der Waals surface area contributed by atoms with Crippen molar-refractivity contribution >= 4 is 11.6 Å².